The van der Waals surface area contributed by atoms with Gasteiger partial charge in [-0.1, -0.05) is 20.3 Å². The molecule has 0 aliphatic carbocycles. The molecule has 1 atom stereocenters. The van der Waals surface area contributed by atoms with Crippen LogP contribution in [0.25, 0.3) is 0 Å². The van der Waals surface area contributed by atoms with Crippen LogP contribution >= 0.6 is 11.8 Å². The number of hydrogen-bond donors (Lipinski definition) is 1. The van der Waals surface area contributed by atoms with E-state index in [4.69, 9.17) is 10.5 Å². The summed E-state index contributed by atoms with van der Waals surface area (Å²) in [5.74, 6) is 0.293. The van der Waals surface area contributed by atoms with E-state index in [1.807, 2.05) is 6.92 Å². The quantitative estimate of drug-likeness (QED) is 0.504. The van der Waals surface area contributed by atoms with Crippen molar-refractivity contribution in [2.45, 2.75) is 31.9 Å². The first kappa shape index (κ1) is 12.8. The molecule has 4 heteroatoms. The van der Waals surface area contributed by atoms with Crippen molar-refractivity contribution in [1.29, 1.82) is 0 Å². The number of thioether (sulfide) groups is 1. The first-order valence-electron chi connectivity index (χ1n) is 4.68. The Kier molecular flexibility index (Phi) is 8.24. The third kappa shape index (κ3) is 8.12. The second-order valence-electron chi connectivity index (χ2n) is 2.93. The Bertz CT molecular complexity index is 142. The van der Waals surface area contributed by atoms with E-state index in [2.05, 4.69) is 6.92 Å². The normalized spacial score (nSPS) is 12.5. The summed E-state index contributed by atoms with van der Waals surface area (Å²) in [5.41, 5.74) is 5.41. The molecule has 0 spiro atoms. The number of unbranched alkanes of at least 4 members (excludes halogenated alkanes) is 1. The predicted octanol–water partition coefficient (Wildman–Crippen LogP) is 1.41. The second kappa shape index (κ2) is 8.38. The van der Waals surface area contributed by atoms with Gasteiger partial charge in [0.15, 0.2) is 0 Å². The van der Waals surface area contributed by atoms with Gasteiger partial charge in [0, 0.05) is 11.8 Å². The zero-order chi connectivity index (χ0) is 10.1. The van der Waals surface area contributed by atoms with Gasteiger partial charge in [-0.3, -0.25) is 4.79 Å². The number of carbonyl (C=O) groups is 1. The lowest BCUT2D eigenvalue weighted by atomic mass is 10.4. The van der Waals surface area contributed by atoms with Crippen molar-refractivity contribution in [3.8, 4) is 0 Å². The van der Waals surface area contributed by atoms with E-state index in [0.29, 0.717) is 24.2 Å². The van der Waals surface area contributed by atoms with Crippen LogP contribution in [0.15, 0.2) is 0 Å². The van der Waals surface area contributed by atoms with Gasteiger partial charge in [-0.2, -0.15) is 0 Å². The minimum absolute atomic E-state index is 0.126. The summed E-state index contributed by atoms with van der Waals surface area (Å²) in [6, 6.07) is 0. The van der Waals surface area contributed by atoms with Crippen molar-refractivity contribution >= 4 is 17.7 Å². The first-order valence-corrected chi connectivity index (χ1v) is 5.72. The number of nitrogens with two attached hydrogens (primary N) is 1. The Morgan fingerprint density at radius 1 is 1.62 bits per heavy atom. The summed E-state index contributed by atoms with van der Waals surface area (Å²) in [5, 5.41) is 0.332. The molecule has 0 saturated carbocycles. The van der Waals surface area contributed by atoms with E-state index in [0.717, 1.165) is 12.8 Å². The predicted molar refractivity (Wildman–Crippen MR) is 56.8 cm³/mol. The molecule has 0 aliphatic heterocycles. The fourth-order valence-electron chi connectivity index (χ4n) is 0.650. The Morgan fingerprint density at radius 3 is 2.85 bits per heavy atom. The van der Waals surface area contributed by atoms with Crippen molar-refractivity contribution in [3.05, 3.63) is 0 Å². The van der Waals surface area contributed by atoms with Gasteiger partial charge in [0.2, 0.25) is 0 Å². The zero-order valence-electron chi connectivity index (χ0n) is 8.41. The molecule has 0 aromatic carbocycles. The molecule has 0 radical (unpaired) electrons. The summed E-state index contributed by atoms with van der Waals surface area (Å²) in [7, 11) is 0. The van der Waals surface area contributed by atoms with Crippen LogP contribution in [0.1, 0.15) is 26.7 Å². The fraction of sp³-hybridized carbons (Fsp3) is 0.889. The van der Waals surface area contributed by atoms with E-state index in [9.17, 15) is 4.79 Å². The maximum Gasteiger partial charge on any atom is 0.315 e. The van der Waals surface area contributed by atoms with Gasteiger partial charge in [-0.15, -0.1) is 11.8 Å². The minimum atomic E-state index is -0.126. The molecule has 0 fully saturated rings. The number of esters is 1. The van der Waals surface area contributed by atoms with E-state index >= 15 is 0 Å². The van der Waals surface area contributed by atoms with Crippen LogP contribution in [0, 0.1) is 0 Å². The number of rotatable bonds is 7. The summed E-state index contributed by atoms with van der Waals surface area (Å²) in [6.45, 7) is 5.23. The standard InChI is InChI=1S/C9H19NO2S/c1-3-4-5-12-9(11)7-13-8(2)6-10/h8H,3-7,10H2,1-2H3. The number of hydrogen-bond acceptors (Lipinski definition) is 4. The van der Waals surface area contributed by atoms with E-state index < -0.39 is 0 Å². The van der Waals surface area contributed by atoms with Crippen LogP contribution in [0.2, 0.25) is 0 Å². The van der Waals surface area contributed by atoms with E-state index in [-0.39, 0.29) is 5.97 Å². The molecule has 0 saturated heterocycles. The average Bonchev–Trinajstić information content (AvgIpc) is 2.14. The highest BCUT2D eigenvalue weighted by molar-refractivity contribution is 8.00. The maximum absolute atomic E-state index is 11.1. The third-order valence-electron chi connectivity index (χ3n) is 1.58. The first-order chi connectivity index (χ1) is 6.20. The summed E-state index contributed by atoms with van der Waals surface area (Å²) >= 11 is 1.54. The topological polar surface area (TPSA) is 52.3 Å². The van der Waals surface area contributed by atoms with Crippen molar-refractivity contribution in [2.24, 2.45) is 5.73 Å². The minimum Gasteiger partial charge on any atom is -0.465 e. The van der Waals surface area contributed by atoms with Gasteiger partial charge in [0.05, 0.1) is 12.4 Å². The molecule has 0 aliphatic rings. The van der Waals surface area contributed by atoms with Crippen molar-refractivity contribution in [1.82, 2.24) is 0 Å². The molecular formula is C9H19NO2S. The Hall–Kier alpha value is -0.220. The van der Waals surface area contributed by atoms with Gasteiger partial charge in [0.1, 0.15) is 0 Å². The molecule has 2 N–H and O–H groups in total. The molecule has 78 valence electrons. The lowest BCUT2D eigenvalue weighted by Crippen LogP contribution is -2.16. The lowest BCUT2D eigenvalue weighted by Gasteiger charge is -2.07. The molecule has 0 bridgehead atoms. The smallest absolute Gasteiger partial charge is 0.315 e. The van der Waals surface area contributed by atoms with Crippen LogP contribution in [-0.4, -0.2) is 30.1 Å². The molecule has 0 heterocycles. The molecule has 0 aromatic rings. The number of carbonyl (C=O) groups excluding carboxylic acids is 1. The van der Waals surface area contributed by atoms with Crippen LogP contribution in [-0.2, 0) is 9.53 Å². The van der Waals surface area contributed by atoms with Gasteiger partial charge in [-0.25, -0.2) is 0 Å². The summed E-state index contributed by atoms with van der Waals surface area (Å²) in [4.78, 5) is 11.1. The van der Waals surface area contributed by atoms with Crippen molar-refractivity contribution < 1.29 is 9.53 Å². The Labute approximate surface area is 84.4 Å². The van der Waals surface area contributed by atoms with Crippen molar-refractivity contribution in [2.75, 3.05) is 18.9 Å². The molecular weight excluding hydrogens is 186 g/mol. The van der Waals surface area contributed by atoms with Gasteiger partial charge >= 0.3 is 5.97 Å². The summed E-state index contributed by atoms with van der Waals surface area (Å²) < 4.78 is 4.98. The lowest BCUT2D eigenvalue weighted by molar-refractivity contribution is -0.140. The zero-order valence-corrected chi connectivity index (χ0v) is 9.23. The van der Waals surface area contributed by atoms with E-state index in [1.54, 1.807) is 11.8 Å². The Balaban J connectivity index is 3.30. The van der Waals surface area contributed by atoms with Crippen LogP contribution in [0.3, 0.4) is 0 Å². The van der Waals surface area contributed by atoms with Gasteiger partial charge in [-0.05, 0) is 6.42 Å². The highest BCUT2D eigenvalue weighted by atomic mass is 32.2. The average molecular weight is 205 g/mol. The molecule has 0 aromatic heterocycles. The third-order valence-corrected chi connectivity index (χ3v) is 2.74. The van der Waals surface area contributed by atoms with Crippen LogP contribution < -0.4 is 5.73 Å². The van der Waals surface area contributed by atoms with Crippen LogP contribution in [0.5, 0.6) is 0 Å². The monoisotopic (exact) mass is 205 g/mol. The molecule has 0 rings (SSSR count). The highest BCUT2D eigenvalue weighted by Crippen LogP contribution is 2.08. The SMILES string of the molecule is CCCCOC(=O)CSC(C)CN. The highest BCUT2D eigenvalue weighted by Gasteiger charge is 2.05. The Morgan fingerprint density at radius 2 is 2.31 bits per heavy atom. The van der Waals surface area contributed by atoms with Gasteiger partial charge in [0.25, 0.3) is 0 Å². The molecule has 3 nitrogen and oxygen atoms in total. The van der Waals surface area contributed by atoms with Crippen LogP contribution in [0.4, 0.5) is 0 Å². The number of ether oxygens (including phenoxy) is 1. The molecule has 0 amide bonds. The second-order valence-corrected chi connectivity index (χ2v) is 4.36. The largest absolute Gasteiger partial charge is 0.465 e. The van der Waals surface area contributed by atoms with Gasteiger partial charge < -0.3 is 10.5 Å². The summed E-state index contributed by atoms with van der Waals surface area (Å²) in [6.07, 6.45) is 2.00. The molecule has 13 heavy (non-hydrogen) atoms. The van der Waals surface area contributed by atoms with E-state index in [1.165, 1.54) is 0 Å². The fourth-order valence-corrected chi connectivity index (χ4v) is 1.29. The molecule has 1 unspecified atom stereocenters. The maximum atomic E-state index is 11.1. The van der Waals surface area contributed by atoms with Crippen molar-refractivity contribution in [3.63, 3.8) is 0 Å².